The second kappa shape index (κ2) is 8.21. The van der Waals surface area contributed by atoms with Crippen LogP contribution in [0.2, 0.25) is 0 Å². The molecule has 0 radical (unpaired) electrons. The number of primary sulfonamides is 1. The summed E-state index contributed by atoms with van der Waals surface area (Å²) in [6, 6.07) is 27.5. The minimum atomic E-state index is -3.66. The second-order valence-corrected chi connectivity index (χ2v) is 8.55. The molecule has 3 N–H and O–H groups in total. The van der Waals surface area contributed by atoms with E-state index in [0.29, 0.717) is 0 Å². The molecule has 0 bridgehead atoms. The highest BCUT2D eigenvalue weighted by Gasteiger charge is 2.15. The van der Waals surface area contributed by atoms with Crippen molar-refractivity contribution in [3.63, 3.8) is 0 Å². The molecule has 29 heavy (non-hydrogen) atoms. The zero-order chi connectivity index (χ0) is 20.3. The number of hydrogen-bond acceptors (Lipinski definition) is 3. The lowest BCUT2D eigenvalue weighted by atomic mass is 10.1. The molecule has 0 saturated carbocycles. The Kier molecular flexibility index (Phi) is 5.49. The van der Waals surface area contributed by atoms with Gasteiger partial charge in [0.05, 0.1) is 4.90 Å². The van der Waals surface area contributed by atoms with Crippen molar-refractivity contribution in [2.75, 3.05) is 6.54 Å². The molecule has 1 aromatic heterocycles. The largest absolute Gasteiger partial charge is 0.327 e. The van der Waals surface area contributed by atoms with Crippen molar-refractivity contribution in [1.82, 2.24) is 9.88 Å². The Morgan fingerprint density at radius 1 is 0.862 bits per heavy atom. The number of benzene rings is 3. The predicted molar refractivity (Wildman–Crippen MR) is 116 cm³/mol. The van der Waals surface area contributed by atoms with Crippen molar-refractivity contribution in [3.05, 3.63) is 102 Å². The fraction of sp³-hybridized carbons (Fsp3) is 0.130. The molecular weight excluding hydrogens is 382 g/mol. The summed E-state index contributed by atoms with van der Waals surface area (Å²) in [4.78, 5) is 0.134. The van der Waals surface area contributed by atoms with E-state index in [1.807, 2.05) is 42.5 Å². The minimum Gasteiger partial charge on any atom is -0.327 e. The van der Waals surface area contributed by atoms with E-state index < -0.39 is 10.0 Å². The molecule has 1 atom stereocenters. The van der Waals surface area contributed by atoms with Crippen molar-refractivity contribution in [1.29, 1.82) is 0 Å². The molecule has 0 aliphatic carbocycles. The van der Waals surface area contributed by atoms with Crippen molar-refractivity contribution in [2.24, 2.45) is 5.14 Å². The van der Waals surface area contributed by atoms with Crippen LogP contribution in [-0.2, 0) is 16.4 Å². The Balaban J connectivity index is 1.54. The maximum absolute atomic E-state index is 11.4. The van der Waals surface area contributed by atoms with Crippen LogP contribution in [0.25, 0.3) is 10.9 Å². The molecule has 1 unspecified atom stereocenters. The Labute approximate surface area is 170 Å². The van der Waals surface area contributed by atoms with Gasteiger partial charge >= 0.3 is 0 Å². The molecule has 0 aliphatic rings. The van der Waals surface area contributed by atoms with Crippen LogP contribution in [0.5, 0.6) is 0 Å². The van der Waals surface area contributed by atoms with Crippen molar-refractivity contribution < 1.29 is 8.42 Å². The zero-order valence-corrected chi connectivity index (χ0v) is 16.7. The maximum atomic E-state index is 11.4. The summed E-state index contributed by atoms with van der Waals surface area (Å²) in [5.41, 5.74) is 3.40. The van der Waals surface area contributed by atoms with Gasteiger partial charge in [0.15, 0.2) is 0 Å². The predicted octanol–water partition coefficient (Wildman–Crippen LogP) is 3.67. The maximum Gasteiger partial charge on any atom is 0.238 e. The Morgan fingerprint density at radius 2 is 1.55 bits per heavy atom. The highest BCUT2D eigenvalue weighted by atomic mass is 32.2. The highest BCUT2D eigenvalue weighted by Crippen LogP contribution is 2.23. The summed E-state index contributed by atoms with van der Waals surface area (Å²) in [5.74, 6) is 0. The van der Waals surface area contributed by atoms with Crippen LogP contribution in [0.4, 0.5) is 0 Å². The lowest BCUT2D eigenvalue weighted by molar-refractivity contribution is 0.482. The van der Waals surface area contributed by atoms with Gasteiger partial charge in [0.2, 0.25) is 10.0 Å². The average molecular weight is 406 g/mol. The van der Waals surface area contributed by atoms with E-state index in [9.17, 15) is 8.42 Å². The highest BCUT2D eigenvalue weighted by molar-refractivity contribution is 7.89. The molecular formula is C23H23N3O2S. The van der Waals surface area contributed by atoms with E-state index in [2.05, 4.69) is 46.4 Å². The molecule has 148 valence electrons. The lowest BCUT2D eigenvalue weighted by Gasteiger charge is -2.22. The first-order chi connectivity index (χ1) is 14.0. The van der Waals surface area contributed by atoms with Crippen molar-refractivity contribution in [2.45, 2.75) is 17.5 Å². The summed E-state index contributed by atoms with van der Waals surface area (Å²) in [6.07, 6.45) is 2.88. The first-order valence-electron chi connectivity index (χ1n) is 9.48. The van der Waals surface area contributed by atoms with E-state index in [1.54, 1.807) is 12.1 Å². The Hall–Kier alpha value is -2.93. The van der Waals surface area contributed by atoms with Gasteiger partial charge in [0.25, 0.3) is 0 Å². The molecule has 0 saturated heterocycles. The van der Waals surface area contributed by atoms with Crippen LogP contribution in [0.1, 0.15) is 17.3 Å². The number of nitrogens with two attached hydrogens (primary N) is 1. The fourth-order valence-corrected chi connectivity index (χ4v) is 4.06. The topological polar surface area (TPSA) is 77.1 Å². The molecule has 0 spiro atoms. The van der Waals surface area contributed by atoms with Crippen molar-refractivity contribution >= 4 is 20.9 Å². The zero-order valence-electron chi connectivity index (χ0n) is 15.9. The summed E-state index contributed by atoms with van der Waals surface area (Å²) in [5, 5.41) is 10.0. The number of rotatable bonds is 7. The third kappa shape index (κ3) is 4.40. The molecule has 6 heteroatoms. The number of aromatic nitrogens is 1. The number of hydrogen-bond donors (Lipinski definition) is 2. The van der Waals surface area contributed by atoms with Gasteiger partial charge in [0.1, 0.15) is 6.17 Å². The van der Waals surface area contributed by atoms with E-state index in [0.717, 1.165) is 18.5 Å². The Morgan fingerprint density at radius 3 is 2.28 bits per heavy atom. The van der Waals surface area contributed by atoms with Crippen LogP contribution < -0.4 is 10.5 Å². The molecule has 1 heterocycles. The summed E-state index contributed by atoms with van der Waals surface area (Å²) in [7, 11) is -3.66. The van der Waals surface area contributed by atoms with Crippen LogP contribution in [-0.4, -0.2) is 19.5 Å². The summed E-state index contributed by atoms with van der Waals surface area (Å²) in [6.45, 7) is 0.737. The number of nitrogens with one attached hydrogen (secondary N) is 1. The molecule has 3 aromatic carbocycles. The fourth-order valence-electron chi connectivity index (χ4n) is 3.54. The quantitative estimate of drug-likeness (QED) is 0.492. The number of fused-ring (bicyclic) bond motifs is 1. The molecule has 0 fully saturated rings. The summed E-state index contributed by atoms with van der Waals surface area (Å²) < 4.78 is 25.1. The van der Waals surface area contributed by atoms with Gasteiger partial charge in [-0.3, -0.25) is 5.32 Å². The molecule has 4 aromatic rings. The van der Waals surface area contributed by atoms with E-state index in [4.69, 9.17) is 5.14 Å². The molecule has 0 aliphatic heterocycles. The van der Waals surface area contributed by atoms with Crippen LogP contribution in [0, 0.1) is 0 Å². The van der Waals surface area contributed by atoms with E-state index in [1.165, 1.54) is 16.5 Å². The van der Waals surface area contributed by atoms with Gasteiger partial charge in [-0.25, -0.2) is 13.6 Å². The third-order valence-corrected chi connectivity index (χ3v) is 5.96. The van der Waals surface area contributed by atoms with Gasteiger partial charge in [-0.2, -0.15) is 0 Å². The second-order valence-electron chi connectivity index (χ2n) is 6.99. The molecule has 4 rings (SSSR count). The lowest BCUT2D eigenvalue weighted by Crippen LogP contribution is -2.29. The van der Waals surface area contributed by atoms with Crippen LogP contribution >= 0.6 is 0 Å². The first kappa shape index (κ1) is 19.4. The van der Waals surface area contributed by atoms with Gasteiger partial charge < -0.3 is 4.57 Å². The SMILES string of the molecule is NS(=O)(=O)c1ccc(CCNC(c2ccccc2)n2ccc3ccccc32)cc1. The third-order valence-electron chi connectivity index (χ3n) is 5.03. The molecule has 5 nitrogen and oxygen atoms in total. The van der Waals surface area contributed by atoms with Gasteiger partial charge in [-0.05, 0) is 47.2 Å². The van der Waals surface area contributed by atoms with Crippen LogP contribution in [0.3, 0.4) is 0 Å². The molecule has 0 amide bonds. The summed E-state index contributed by atoms with van der Waals surface area (Å²) >= 11 is 0. The average Bonchev–Trinajstić information content (AvgIpc) is 3.15. The van der Waals surface area contributed by atoms with Crippen molar-refractivity contribution in [3.8, 4) is 0 Å². The number of nitrogens with zero attached hydrogens (tertiary/aromatic N) is 1. The number of sulfonamides is 1. The minimum absolute atomic E-state index is 0.000192. The normalized spacial score (nSPS) is 12.9. The van der Waals surface area contributed by atoms with Gasteiger partial charge in [-0.1, -0.05) is 60.7 Å². The standard InChI is InChI=1S/C23H23N3O2S/c24-29(27,28)21-12-10-18(11-13-21)14-16-25-23(20-7-2-1-3-8-20)26-17-15-19-6-4-5-9-22(19)26/h1-13,15,17,23,25H,14,16H2,(H2,24,27,28). The smallest absolute Gasteiger partial charge is 0.238 e. The van der Waals surface area contributed by atoms with E-state index >= 15 is 0 Å². The van der Waals surface area contributed by atoms with Gasteiger partial charge in [-0.15, -0.1) is 0 Å². The van der Waals surface area contributed by atoms with E-state index in [-0.39, 0.29) is 11.1 Å². The Bertz CT molecular complexity index is 1200. The number of para-hydroxylation sites is 1. The van der Waals surface area contributed by atoms with Crippen LogP contribution in [0.15, 0.2) is 96.0 Å². The van der Waals surface area contributed by atoms with Gasteiger partial charge in [0, 0.05) is 18.3 Å². The first-order valence-corrected chi connectivity index (χ1v) is 11.0. The monoisotopic (exact) mass is 405 g/mol.